The molecule has 0 radical (unpaired) electrons. The number of imidazole rings is 1. The molecule has 104 valence electrons. The number of rotatable bonds is 7. The highest BCUT2D eigenvalue weighted by Crippen LogP contribution is 1.96. The highest BCUT2D eigenvalue weighted by molar-refractivity contribution is 7.85. The summed E-state index contributed by atoms with van der Waals surface area (Å²) in [5.41, 5.74) is 6.39. The fourth-order valence-corrected chi connectivity index (χ4v) is 1.83. The van der Waals surface area contributed by atoms with E-state index in [0.29, 0.717) is 6.42 Å². The van der Waals surface area contributed by atoms with Gasteiger partial charge >= 0.3 is 0 Å². The number of carbonyl (C=O) groups is 1. The van der Waals surface area contributed by atoms with Crippen molar-refractivity contribution < 1.29 is 19.2 Å². The summed E-state index contributed by atoms with van der Waals surface area (Å²) >= 11 is 0. The fraction of sp³-hybridized carbons (Fsp3) is 0.556. The van der Waals surface area contributed by atoms with Crippen molar-refractivity contribution in [2.75, 3.05) is 12.3 Å². The monoisotopic (exact) mass is 279 g/mol. The fourth-order valence-electron chi connectivity index (χ4n) is 1.32. The van der Waals surface area contributed by atoms with E-state index in [-0.39, 0.29) is 26.1 Å². The average Bonchev–Trinajstić information content (AvgIpc) is 2.75. The van der Waals surface area contributed by atoms with Crippen LogP contribution >= 0.6 is 0 Å². The number of hydrogen-bond donors (Lipinski definition) is 4. The van der Waals surface area contributed by atoms with Gasteiger partial charge in [0.1, 0.15) is 0 Å². The molecule has 0 aliphatic rings. The van der Waals surface area contributed by atoms with Crippen molar-refractivity contribution in [1.82, 2.24) is 15.3 Å². The third-order valence-corrected chi connectivity index (χ3v) is 3.01. The van der Waals surface area contributed by atoms with E-state index >= 15 is 0 Å². The first kappa shape index (κ1) is 14.6. The van der Waals surface area contributed by atoms with Crippen LogP contribution < -0.4 is 11.1 Å². The van der Waals surface area contributed by atoms with E-state index in [1.807, 2.05) is 0 Å². The Morgan fingerprint density at radius 1 is 1.67 bits per heavy atom. The van der Waals surface area contributed by atoms with Crippen LogP contribution in [0, 0.1) is 0 Å². The molecular weight excluding hydrogens is 261 g/mol. The predicted molar refractivity (Wildman–Crippen MR) is 66.4 cm³/mol. The molecule has 1 amide bonds. The normalized spacial score (nSPS) is 13.2. The number of hydrogen-bond acceptors (Lipinski definition) is 5. The Hall–Kier alpha value is -1.45. The van der Waals surface area contributed by atoms with Crippen LogP contribution in [0.4, 0.5) is 0 Å². The van der Waals surface area contributed by atoms with Crippen LogP contribution in [-0.4, -0.2) is 47.2 Å². The van der Waals surface area contributed by atoms with Gasteiger partial charge in [0.25, 0.3) is 10.1 Å². The van der Waals surface area contributed by atoms with Crippen LogP contribution in [0.25, 0.3) is 0 Å². The maximum atomic E-state index is 11.5. The predicted octanol–water partition coefficient (Wildman–Crippen LogP) is -1.08. The molecular formula is C9H18N4O4S. The molecule has 0 saturated carbocycles. The van der Waals surface area contributed by atoms with Crippen LogP contribution in [-0.2, 0) is 21.3 Å². The SMILES string of the molecule is N[C@@H](Cc1cnc[nH]1)C(=O)[15NH]CCCS(=O)(=O)O.[HH]. The molecule has 5 N–H and O–H groups in total. The second-order valence-electron chi connectivity index (χ2n) is 3.82. The van der Waals surface area contributed by atoms with Gasteiger partial charge in [-0.15, -0.1) is 0 Å². The van der Waals surface area contributed by atoms with E-state index in [4.69, 9.17) is 10.3 Å². The second kappa shape index (κ2) is 6.47. The Bertz CT molecular complexity index is 476. The molecule has 9 heteroatoms. The maximum Gasteiger partial charge on any atom is 0.264 e. The molecule has 8 nitrogen and oxygen atoms in total. The lowest BCUT2D eigenvalue weighted by atomic mass is 10.2. The number of aromatic amines is 1. The molecule has 1 aromatic rings. The van der Waals surface area contributed by atoms with Gasteiger partial charge in [-0.3, -0.25) is 9.35 Å². The molecule has 1 aromatic heterocycles. The van der Waals surface area contributed by atoms with Gasteiger partial charge in [0.2, 0.25) is 5.91 Å². The Kier molecular flexibility index (Phi) is 5.25. The maximum absolute atomic E-state index is 11.5. The van der Waals surface area contributed by atoms with Crippen molar-refractivity contribution in [2.45, 2.75) is 18.9 Å². The summed E-state index contributed by atoms with van der Waals surface area (Å²) in [7, 11) is -3.98. The third kappa shape index (κ3) is 5.75. The highest BCUT2D eigenvalue weighted by Gasteiger charge is 2.14. The largest absolute Gasteiger partial charge is 0.355 e. The van der Waals surface area contributed by atoms with Crippen molar-refractivity contribution in [1.29, 1.82) is 0 Å². The zero-order chi connectivity index (χ0) is 13.6. The molecule has 0 spiro atoms. The Morgan fingerprint density at radius 2 is 2.39 bits per heavy atom. The number of nitrogens with one attached hydrogen (secondary N) is 2. The zero-order valence-corrected chi connectivity index (χ0v) is 10.5. The van der Waals surface area contributed by atoms with Crippen LogP contribution in [0.3, 0.4) is 0 Å². The summed E-state index contributed by atoms with van der Waals surface area (Å²) in [6.07, 6.45) is 3.53. The first-order valence-corrected chi connectivity index (χ1v) is 6.95. The van der Waals surface area contributed by atoms with Gasteiger partial charge in [0.15, 0.2) is 0 Å². The van der Waals surface area contributed by atoms with Crippen LogP contribution in [0.2, 0.25) is 0 Å². The minimum atomic E-state index is -3.98. The van der Waals surface area contributed by atoms with E-state index in [2.05, 4.69) is 15.3 Å². The molecule has 0 aliphatic heterocycles. The molecule has 0 aliphatic carbocycles. The quantitative estimate of drug-likeness (QED) is 0.284. The summed E-state index contributed by atoms with van der Waals surface area (Å²) in [6.45, 7) is 0.148. The summed E-state index contributed by atoms with van der Waals surface area (Å²) < 4.78 is 29.3. The van der Waals surface area contributed by atoms with Crippen LogP contribution in [0.15, 0.2) is 12.5 Å². The van der Waals surface area contributed by atoms with Crippen LogP contribution in [0.5, 0.6) is 0 Å². The van der Waals surface area contributed by atoms with E-state index in [1.54, 1.807) is 6.20 Å². The standard InChI is InChI=1S/C9H16N4O4S.H2/c10-8(4-7-5-11-6-13-7)9(14)12-2-1-3-18(15,16)17;/h5-6,8H,1-4,10H2,(H,11,13)(H,12,14)(H,15,16,17);1H/t8-;/m0./s1/i12+1;. The summed E-state index contributed by atoms with van der Waals surface area (Å²) in [5.74, 6) is -0.761. The summed E-state index contributed by atoms with van der Waals surface area (Å²) in [4.78, 5) is 18.1. The highest BCUT2D eigenvalue weighted by atomic mass is 32.2. The number of H-pyrrole nitrogens is 1. The number of aromatic nitrogens is 2. The minimum Gasteiger partial charge on any atom is -0.355 e. The van der Waals surface area contributed by atoms with E-state index in [0.717, 1.165) is 5.69 Å². The Morgan fingerprint density at radius 3 is 2.94 bits per heavy atom. The number of carbonyl (C=O) groups excluding carboxylic acids is 1. The topological polar surface area (TPSA) is 138 Å². The molecule has 1 rings (SSSR count). The van der Waals surface area contributed by atoms with Crippen LogP contribution in [0.1, 0.15) is 13.5 Å². The first-order chi connectivity index (χ1) is 8.38. The van der Waals surface area contributed by atoms with Crippen molar-refractivity contribution in [2.24, 2.45) is 5.73 Å². The van der Waals surface area contributed by atoms with Gasteiger partial charge in [0.05, 0.1) is 18.1 Å². The lowest BCUT2D eigenvalue weighted by molar-refractivity contribution is -0.122. The van der Waals surface area contributed by atoms with E-state index in [1.165, 1.54) is 6.33 Å². The van der Waals surface area contributed by atoms with Gasteiger partial charge < -0.3 is 16.0 Å². The molecule has 18 heavy (non-hydrogen) atoms. The van der Waals surface area contributed by atoms with Gasteiger partial charge in [-0.05, 0) is 6.42 Å². The Balaban J connectivity index is 0.00000324. The number of nitrogens with two attached hydrogens (primary N) is 1. The molecule has 0 unspecified atom stereocenters. The van der Waals surface area contributed by atoms with Crippen molar-refractivity contribution in [3.63, 3.8) is 0 Å². The number of amides is 1. The molecule has 0 saturated heterocycles. The third-order valence-electron chi connectivity index (χ3n) is 2.21. The second-order valence-corrected chi connectivity index (χ2v) is 5.39. The average molecular weight is 279 g/mol. The molecule has 0 aromatic carbocycles. The van der Waals surface area contributed by atoms with Gasteiger partial charge in [-0.1, -0.05) is 0 Å². The molecule has 0 bridgehead atoms. The molecule has 1 heterocycles. The summed E-state index contributed by atoms with van der Waals surface area (Å²) in [5, 5.41) is 2.49. The van der Waals surface area contributed by atoms with Gasteiger partial charge in [-0.2, -0.15) is 8.42 Å². The lowest BCUT2D eigenvalue weighted by Crippen LogP contribution is -2.42. The summed E-state index contributed by atoms with van der Waals surface area (Å²) in [6, 6.07) is -0.726. The van der Waals surface area contributed by atoms with Crippen molar-refractivity contribution in [3.8, 4) is 0 Å². The lowest BCUT2D eigenvalue weighted by Gasteiger charge is -2.10. The smallest absolute Gasteiger partial charge is 0.264 e. The molecule has 0 fully saturated rings. The number of nitrogens with zero attached hydrogens (tertiary/aromatic N) is 1. The van der Waals surface area contributed by atoms with Crippen molar-refractivity contribution >= 4 is 16.0 Å². The van der Waals surface area contributed by atoms with Gasteiger partial charge in [0, 0.05) is 26.3 Å². The van der Waals surface area contributed by atoms with Crippen molar-refractivity contribution in [3.05, 3.63) is 18.2 Å². The van der Waals surface area contributed by atoms with E-state index < -0.39 is 16.2 Å². The first-order valence-electron chi connectivity index (χ1n) is 5.34. The minimum absolute atomic E-state index is 0. The van der Waals surface area contributed by atoms with E-state index in [9.17, 15) is 13.2 Å². The Labute approximate surface area is 106 Å². The van der Waals surface area contributed by atoms with Gasteiger partial charge in [-0.25, -0.2) is 4.98 Å². The zero-order valence-electron chi connectivity index (χ0n) is 9.67. The molecule has 1 atom stereocenters.